The van der Waals surface area contributed by atoms with E-state index in [1.807, 2.05) is 18.2 Å². The molecule has 1 aliphatic heterocycles. The Morgan fingerprint density at radius 3 is 2.35 bits per heavy atom. The normalized spacial score (nSPS) is 14.5. The number of fused-ring (bicyclic) bond motifs is 1. The van der Waals surface area contributed by atoms with E-state index in [0.29, 0.717) is 34.1 Å². The molecule has 1 amide bonds. The van der Waals surface area contributed by atoms with Crippen molar-refractivity contribution in [3.05, 3.63) is 45.9 Å². The van der Waals surface area contributed by atoms with Crippen LogP contribution in [-0.2, 0) is 4.79 Å². The molecule has 1 heterocycles. The quantitative estimate of drug-likeness (QED) is 0.597. The van der Waals surface area contributed by atoms with Crippen molar-refractivity contribution in [2.45, 2.75) is 0 Å². The number of carbonyl (C=O) groups excluding carboxylic acids is 1. The van der Waals surface area contributed by atoms with E-state index in [0.717, 1.165) is 4.47 Å². The molecule has 26 heavy (non-hydrogen) atoms. The smallest absolute Gasteiger partial charge is 0.276 e. The summed E-state index contributed by atoms with van der Waals surface area (Å²) in [6.07, 6.45) is 1.51. The molecule has 0 spiro atoms. The first kappa shape index (κ1) is 17.9. The maximum atomic E-state index is 12.1. The third-order valence-corrected chi connectivity index (χ3v) is 4.24. The van der Waals surface area contributed by atoms with Gasteiger partial charge in [0.25, 0.3) is 5.91 Å². The molecule has 7 nitrogen and oxygen atoms in total. The zero-order valence-electron chi connectivity index (χ0n) is 14.4. The van der Waals surface area contributed by atoms with Crippen LogP contribution < -0.4 is 19.5 Å². The highest BCUT2D eigenvalue weighted by Gasteiger charge is 2.26. The second-order valence-corrected chi connectivity index (χ2v) is 6.21. The number of nitrogens with one attached hydrogen (secondary N) is 1. The van der Waals surface area contributed by atoms with Crippen molar-refractivity contribution < 1.29 is 19.0 Å². The Kier molecular flexibility index (Phi) is 5.22. The maximum Gasteiger partial charge on any atom is 0.276 e. The zero-order chi connectivity index (χ0) is 18.7. The molecule has 8 heteroatoms. The molecule has 3 rings (SSSR count). The van der Waals surface area contributed by atoms with E-state index in [1.54, 1.807) is 12.1 Å². The van der Waals surface area contributed by atoms with Gasteiger partial charge in [-0.3, -0.25) is 4.79 Å². The predicted octanol–water partition coefficient (Wildman–Crippen LogP) is 3.25. The van der Waals surface area contributed by atoms with Gasteiger partial charge >= 0.3 is 0 Å². The summed E-state index contributed by atoms with van der Waals surface area (Å²) >= 11 is 3.39. The Bertz CT molecular complexity index is 900. The number of carbonyl (C=O) groups is 1. The largest absolute Gasteiger partial charge is 0.493 e. The van der Waals surface area contributed by atoms with Gasteiger partial charge in [-0.1, -0.05) is 15.9 Å². The van der Waals surface area contributed by atoms with E-state index in [1.165, 1.54) is 27.5 Å². The summed E-state index contributed by atoms with van der Waals surface area (Å²) in [7, 11) is 4.61. The number of halogens is 1. The molecular weight excluding hydrogens is 402 g/mol. The predicted molar refractivity (Wildman–Crippen MR) is 103 cm³/mol. The van der Waals surface area contributed by atoms with Crippen molar-refractivity contribution in [3.63, 3.8) is 0 Å². The third kappa shape index (κ3) is 3.41. The fraction of sp³-hybridized carbons (Fsp3) is 0.167. The van der Waals surface area contributed by atoms with Gasteiger partial charge in [0.2, 0.25) is 5.75 Å². The molecule has 0 saturated carbocycles. The van der Waals surface area contributed by atoms with Gasteiger partial charge in [0, 0.05) is 15.6 Å². The topological polar surface area (TPSA) is 81.5 Å². The Morgan fingerprint density at radius 1 is 1.04 bits per heavy atom. The van der Waals surface area contributed by atoms with Gasteiger partial charge in [0.15, 0.2) is 17.2 Å². The number of hydrogen-bond acceptors (Lipinski definition) is 6. The van der Waals surface area contributed by atoms with Crippen molar-refractivity contribution in [1.82, 2.24) is 0 Å². The molecule has 134 valence electrons. The highest BCUT2D eigenvalue weighted by atomic mass is 79.9. The molecule has 0 radical (unpaired) electrons. The zero-order valence-corrected chi connectivity index (χ0v) is 16.0. The van der Waals surface area contributed by atoms with Crippen molar-refractivity contribution in [3.8, 4) is 17.2 Å². The first-order chi connectivity index (χ1) is 12.6. The summed E-state index contributed by atoms with van der Waals surface area (Å²) in [6, 6.07) is 8.96. The van der Waals surface area contributed by atoms with Crippen LogP contribution in [0.3, 0.4) is 0 Å². The molecule has 0 aromatic heterocycles. The van der Waals surface area contributed by atoms with Crippen LogP contribution in [0.2, 0.25) is 0 Å². The van der Waals surface area contributed by atoms with E-state index < -0.39 is 0 Å². The average molecular weight is 418 g/mol. The number of rotatable bonds is 5. The Balaban J connectivity index is 1.93. The number of ether oxygens (including phenoxy) is 3. The van der Waals surface area contributed by atoms with Crippen LogP contribution in [0.1, 0.15) is 11.1 Å². The number of amides is 1. The van der Waals surface area contributed by atoms with Gasteiger partial charge in [-0.2, -0.15) is 5.10 Å². The summed E-state index contributed by atoms with van der Waals surface area (Å²) in [5, 5.41) is 10.9. The van der Waals surface area contributed by atoms with E-state index in [-0.39, 0.29) is 11.6 Å². The van der Waals surface area contributed by atoms with Crippen molar-refractivity contribution in [2.24, 2.45) is 10.2 Å². The van der Waals surface area contributed by atoms with Gasteiger partial charge in [0.05, 0.1) is 33.2 Å². The highest BCUT2D eigenvalue weighted by molar-refractivity contribution is 9.10. The van der Waals surface area contributed by atoms with Gasteiger partial charge in [0.1, 0.15) is 0 Å². The monoisotopic (exact) mass is 417 g/mol. The molecule has 0 bridgehead atoms. The van der Waals surface area contributed by atoms with Crippen LogP contribution in [0.25, 0.3) is 0 Å². The van der Waals surface area contributed by atoms with Crippen molar-refractivity contribution in [1.29, 1.82) is 0 Å². The lowest BCUT2D eigenvalue weighted by Crippen LogP contribution is -2.13. The highest BCUT2D eigenvalue weighted by Crippen LogP contribution is 2.37. The van der Waals surface area contributed by atoms with E-state index in [9.17, 15) is 4.79 Å². The molecule has 0 unspecified atom stereocenters. The summed E-state index contributed by atoms with van der Waals surface area (Å²) in [5.41, 5.74) is 2.35. The van der Waals surface area contributed by atoms with Crippen LogP contribution >= 0.6 is 15.9 Å². The molecule has 0 fully saturated rings. The first-order valence-electron chi connectivity index (χ1n) is 7.59. The van der Waals surface area contributed by atoms with Crippen molar-refractivity contribution in [2.75, 3.05) is 26.6 Å². The molecule has 1 aliphatic rings. The number of methoxy groups -OCH3 is 3. The number of anilines is 1. The lowest BCUT2D eigenvalue weighted by molar-refractivity contribution is -0.110. The van der Waals surface area contributed by atoms with Crippen LogP contribution in [0.5, 0.6) is 17.2 Å². The number of benzene rings is 2. The van der Waals surface area contributed by atoms with Crippen LogP contribution in [-0.4, -0.2) is 39.2 Å². The number of nitrogens with zero attached hydrogens (tertiary/aromatic N) is 2. The van der Waals surface area contributed by atoms with Crippen LogP contribution in [0, 0.1) is 0 Å². The van der Waals surface area contributed by atoms with Gasteiger partial charge < -0.3 is 19.5 Å². The molecule has 0 saturated heterocycles. The second-order valence-electron chi connectivity index (χ2n) is 5.30. The summed E-state index contributed by atoms with van der Waals surface area (Å²) < 4.78 is 16.7. The van der Waals surface area contributed by atoms with Gasteiger partial charge in [-0.05, 0) is 30.3 Å². The molecule has 2 aromatic rings. The molecule has 1 N–H and O–H groups in total. The van der Waals surface area contributed by atoms with E-state index in [4.69, 9.17) is 14.2 Å². The second kappa shape index (κ2) is 7.57. The lowest BCUT2D eigenvalue weighted by atomic mass is 10.1. The van der Waals surface area contributed by atoms with Crippen molar-refractivity contribution >= 4 is 39.5 Å². The summed E-state index contributed by atoms with van der Waals surface area (Å²) in [5.74, 6) is 1.22. The van der Waals surface area contributed by atoms with E-state index in [2.05, 4.69) is 31.4 Å². The summed E-state index contributed by atoms with van der Waals surface area (Å²) in [4.78, 5) is 12.1. The Hall–Kier alpha value is -2.87. The molecular formula is C18H16BrN3O4. The SMILES string of the molecule is COc1cc(/C=N/N=C2/C(=O)Nc3ccc(Br)cc32)cc(OC)c1OC. The fourth-order valence-corrected chi connectivity index (χ4v) is 2.91. The molecule has 0 atom stereocenters. The van der Waals surface area contributed by atoms with Crippen LogP contribution in [0.4, 0.5) is 5.69 Å². The van der Waals surface area contributed by atoms with Crippen LogP contribution in [0.15, 0.2) is 45.0 Å². The van der Waals surface area contributed by atoms with E-state index >= 15 is 0 Å². The lowest BCUT2D eigenvalue weighted by Gasteiger charge is -2.12. The van der Waals surface area contributed by atoms with Gasteiger partial charge in [-0.25, -0.2) is 0 Å². The standard InChI is InChI=1S/C18H16BrN3O4/c1-24-14-6-10(7-15(25-2)17(14)26-3)9-20-22-16-12-8-11(19)4-5-13(12)21-18(16)23/h4-9H,1-3H3,(H,21,22,23)/b20-9+. The fourth-order valence-electron chi connectivity index (χ4n) is 2.55. The minimum absolute atomic E-state index is 0.255. The third-order valence-electron chi connectivity index (χ3n) is 3.75. The molecule has 0 aliphatic carbocycles. The Labute approximate surface area is 158 Å². The molecule has 2 aromatic carbocycles. The maximum absolute atomic E-state index is 12.1. The average Bonchev–Trinajstić information content (AvgIpc) is 2.95. The number of hydrogen-bond donors (Lipinski definition) is 1. The van der Waals surface area contributed by atoms with Gasteiger partial charge in [-0.15, -0.1) is 5.10 Å². The minimum Gasteiger partial charge on any atom is -0.493 e. The first-order valence-corrected chi connectivity index (χ1v) is 8.39. The summed E-state index contributed by atoms with van der Waals surface area (Å²) in [6.45, 7) is 0. The Morgan fingerprint density at radius 2 is 1.73 bits per heavy atom. The minimum atomic E-state index is -0.292.